The van der Waals surface area contributed by atoms with Gasteiger partial charge in [-0.25, -0.2) is 9.78 Å². The van der Waals surface area contributed by atoms with Crippen molar-refractivity contribution in [3.05, 3.63) is 29.1 Å². The van der Waals surface area contributed by atoms with Crippen LogP contribution < -0.4 is 0 Å². The Balaban J connectivity index is 2.75. The van der Waals surface area contributed by atoms with E-state index < -0.39 is 11.6 Å². The minimum Gasteiger partial charge on any atom is -0.461 e. The molecule has 0 amide bonds. The summed E-state index contributed by atoms with van der Waals surface area (Å²) in [4.78, 5) is 27.4. The van der Waals surface area contributed by atoms with Gasteiger partial charge in [-0.3, -0.25) is 4.79 Å². The zero-order valence-corrected chi connectivity index (χ0v) is 13.5. The summed E-state index contributed by atoms with van der Waals surface area (Å²) >= 11 is 0. The number of nitrogens with zero attached hydrogens (tertiary/aromatic N) is 1. The molecule has 1 aromatic heterocycles. The van der Waals surface area contributed by atoms with Crippen LogP contribution in [0.3, 0.4) is 0 Å². The molecule has 0 aliphatic rings. The number of esters is 2. The van der Waals surface area contributed by atoms with E-state index >= 15 is 0 Å². The fraction of sp³-hybridized carbons (Fsp3) is 0.562. The molecule has 0 unspecified atom stereocenters. The standard InChI is InChI=1S/C16H23NO5/c1-5-21-15(20)12-8-6-11(13(10-18)17-12)7-9-14(19)22-16(2,3)4/h6,8,18H,5,7,9-10H2,1-4H3. The molecule has 0 aliphatic carbocycles. The highest BCUT2D eigenvalue weighted by Gasteiger charge is 2.17. The van der Waals surface area contributed by atoms with Crippen LogP contribution in [0, 0.1) is 0 Å². The van der Waals surface area contributed by atoms with Crippen molar-refractivity contribution >= 4 is 11.9 Å². The number of carbonyl (C=O) groups is 2. The molecular formula is C16H23NO5. The number of rotatable bonds is 6. The minimum absolute atomic E-state index is 0.145. The smallest absolute Gasteiger partial charge is 0.356 e. The van der Waals surface area contributed by atoms with Gasteiger partial charge in [-0.1, -0.05) is 6.07 Å². The minimum atomic E-state index is -0.532. The topological polar surface area (TPSA) is 85.7 Å². The first kappa shape index (κ1) is 18.1. The third-order valence-electron chi connectivity index (χ3n) is 2.72. The van der Waals surface area contributed by atoms with Gasteiger partial charge in [-0.05, 0) is 45.7 Å². The Morgan fingerprint density at radius 1 is 1.27 bits per heavy atom. The summed E-state index contributed by atoms with van der Waals surface area (Å²) < 4.78 is 10.1. The summed E-state index contributed by atoms with van der Waals surface area (Å²) in [5, 5.41) is 9.38. The fourth-order valence-corrected chi connectivity index (χ4v) is 1.84. The van der Waals surface area contributed by atoms with Crippen molar-refractivity contribution < 1.29 is 24.2 Å². The molecule has 6 heteroatoms. The number of ether oxygens (including phenoxy) is 2. The van der Waals surface area contributed by atoms with Crippen molar-refractivity contribution in [3.63, 3.8) is 0 Å². The highest BCUT2D eigenvalue weighted by Crippen LogP contribution is 2.14. The lowest BCUT2D eigenvalue weighted by molar-refractivity contribution is -0.154. The maximum atomic E-state index is 11.7. The van der Waals surface area contributed by atoms with E-state index in [1.807, 2.05) is 0 Å². The highest BCUT2D eigenvalue weighted by molar-refractivity contribution is 5.87. The first-order valence-electron chi connectivity index (χ1n) is 7.25. The van der Waals surface area contributed by atoms with Crippen molar-refractivity contribution in [2.24, 2.45) is 0 Å². The molecule has 6 nitrogen and oxygen atoms in total. The van der Waals surface area contributed by atoms with E-state index in [9.17, 15) is 14.7 Å². The third kappa shape index (κ3) is 5.81. The number of aliphatic hydroxyl groups is 1. The maximum absolute atomic E-state index is 11.7. The van der Waals surface area contributed by atoms with E-state index in [-0.39, 0.29) is 31.3 Å². The van der Waals surface area contributed by atoms with Crippen LogP contribution in [0.5, 0.6) is 0 Å². The van der Waals surface area contributed by atoms with Crippen LogP contribution in [0.1, 0.15) is 55.9 Å². The molecule has 0 aliphatic heterocycles. The zero-order chi connectivity index (χ0) is 16.8. The van der Waals surface area contributed by atoms with Crippen LogP contribution in [0.25, 0.3) is 0 Å². The second kappa shape index (κ2) is 7.89. The highest BCUT2D eigenvalue weighted by atomic mass is 16.6. The van der Waals surface area contributed by atoms with Crippen molar-refractivity contribution in [2.75, 3.05) is 6.61 Å². The van der Waals surface area contributed by atoms with Gasteiger partial charge >= 0.3 is 11.9 Å². The van der Waals surface area contributed by atoms with Crippen molar-refractivity contribution in [1.82, 2.24) is 4.98 Å². The number of hydrogen-bond acceptors (Lipinski definition) is 6. The van der Waals surface area contributed by atoms with Crippen molar-refractivity contribution in [3.8, 4) is 0 Å². The molecule has 122 valence electrons. The number of aliphatic hydroxyl groups excluding tert-OH is 1. The molecule has 1 heterocycles. The van der Waals surface area contributed by atoms with Crippen molar-refractivity contribution in [1.29, 1.82) is 0 Å². The first-order chi connectivity index (χ1) is 10.3. The van der Waals surface area contributed by atoms with E-state index in [1.165, 1.54) is 6.07 Å². The Kier molecular flexibility index (Phi) is 6.49. The summed E-state index contributed by atoms with van der Waals surface area (Å²) in [7, 11) is 0. The predicted molar refractivity (Wildman–Crippen MR) is 80.3 cm³/mol. The molecular weight excluding hydrogens is 286 g/mol. The number of aromatic nitrogens is 1. The molecule has 22 heavy (non-hydrogen) atoms. The Morgan fingerprint density at radius 2 is 1.95 bits per heavy atom. The third-order valence-corrected chi connectivity index (χ3v) is 2.72. The van der Waals surface area contributed by atoms with Gasteiger partial charge in [0.05, 0.1) is 18.9 Å². The van der Waals surface area contributed by atoms with Crippen LogP contribution in [0.2, 0.25) is 0 Å². The van der Waals surface area contributed by atoms with Gasteiger partial charge in [-0.2, -0.15) is 0 Å². The molecule has 1 aromatic rings. The monoisotopic (exact) mass is 309 g/mol. The van der Waals surface area contributed by atoms with E-state index in [0.29, 0.717) is 17.7 Å². The molecule has 1 rings (SSSR count). The lowest BCUT2D eigenvalue weighted by Crippen LogP contribution is -2.24. The molecule has 0 bridgehead atoms. The van der Waals surface area contributed by atoms with E-state index in [2.05, 4.69) is 4.98 Å². The Labute approximate surface area is 130 Å². The van der Waals surface area contributed by atoms with Crippen LogP contribution in [-0.2, 0) is 27.3 Å². The maximum Gasteiger partial charge on any atom is 0.356 e. The van der Waals surface area contributed by atoms with Crippen molar-refractivity contribution in [2.45, 2.75) is 52.7 Å². The van der Waals surface area contributed by atoms with Gasteiger partial charge in [-0.15, -0.1) is 0 Å². The second-order valence-electron chi connectivity index (χ2n) is 5.77. The SMILES string of the molecule is CCOC(=O)c1ccc(CCC(=O)OC(C)(C)C)c(CO)n1. The molecule has 0 saturated carbocycles. The Hall–Kier alpha value is -1.95. The summed E-state index contributed by atoms with van der Waals surface area (Å²) in [5.41, 5.74) is 0.700. The fourth-order valence-electron chi connectivity index (χ4n) is 1.84. The van der Waals surface area contributed by atoms with Crippen LogP contribution in [0.15, 0.2) is 12.1 Å². The number of carbonyl (C=O) groups excluding carboxylic acids is 2. The van der Waals surface area contributed by atoms with Gasteiger partial charge < -0.3 is 14.6 Å². The number of pyridine rings is 1. The Bertz CT molecular complexity index is 534. The summed E-state index contributed by atoms with van der Waals surface area (Å²) in [6, 6.07) is 3.21. The largest absolute Gasteiger partial charge is 0.461 e. The average Bonchev–Trinajstić information content (AvgIpc) is 2.43. The van der Waals surface area contributed by atoms with Crippen LogP contribution in [0.4, 0.5) is 0 Å². The van der Waals surface area contributed by atoms with Gasteiger partial charge in [0.1, 0.15) is 11.3 Å². The van der Waals surface area contributed by atoms with E-state index in [0.717, 1.165) is 0 Å². The lowest BCUT2D eigenvalue weighted by Gasteiger charge is -2.19. The molecule has 0 aromatic carbocycles. The molecule has 0 radical (unpaired) electrons. The average molecular weight is 309 g/mol. The quantitative estimate of drug-likeness (QED) is 0.809. The number of hydrogen-bond donors (Lipinski definition) is 1. The molecule has 0 atom stereocenters. The lowest BCUT2D eigenvalue weighted by atomic mass is 10.1. The van der Waals surface area contributed by atoms with E-state index in [1.54, 1.807) is 33.8 Å². The molecule has 0 spiro atoms. The first-order valence-corrected chi connectivity index (χ1v) is 7.25. The molecule has 1 N–H and O–H groups in total. The summed E-state index contributed by atoms with van der Waals surface area (Å²) in [6.07, 6.45) is 0.575. The molecule has 0 fully saturated rings. The zero-order valence-electron chi connectivity index (χ0n) is 13.5. The second-order valence-corrected chi connectivity index (χ2v) is 5.77. The number of aryl methyl sites for hydroxylation is 1. The van der Waals surface area contributed by atoms with Gasteiger partial charge in [0, 0.05) is 6.42 Å². The van der Waals surface area contributed by atoms with E-state index in [4.69, 9.17) is 9.47 Å². The Morgan fingerprint density at radius 3 is 2.50 bits per heavy atom. The van der Waals surface area contributed by atoms with Gasteiger partial charge in [0.25, 0.3) is 0 Å². The van der Waals surface area contributed by atoms with Gasteiger partial charge in [0.15, 0.2) is 0 Å². The predicted octanol–water partition coefficient (Wildman–Crippen LogP) is 2.02. The molecule has 0 saturated heterocycles. The normalized spacial score (nSPS) is 11.1. The van der Waals surface area contributed by atoms with Gasteiger partial charge in [0.2, 0.25) is 0 Å². The van der Waals surface area contributed by atoms with Crippen LogP contribution in [-0.4, -0.2) is 34.2 Å². The summed E-state index contributed by atoms with van der Waals surface area (Å²) in [6.45, 7) is 7.07. The van der Waals surface area contributed by atoms with Crippen LogP contribution >= 0.6 is 0 Å². The summed E-state index contributed by atoms with van der Waals surface area (Å²) in [5.74, 6) is -0.846.